The third-order valence-electron chi connectivity index (χ3n) is 4.77. The van der Waals surface area contributed by atoms with E-state index in [2.05, 4.69) is 10.3 Å². The lowest BCUT2D eigenvalue weighted by Crippen LogP contribution is -2.32. The van der Waals surface area contributed by atoms with Gasteiger partial charge in [0, 0.05) is 14.2 Å². The van der Waals surface area contributed by atoms with Gasteiger partial charge < -0.3 is 14.5 Å². The van der Waals surface area contributed by atoms with Crippen LogP contribution in [0.3, 0.4) is 0 Å². The lowest BCUT2D eigenvalue weighted by molar-refractivity contribution is -0.121. The molecule has 2 aliphatic rings. The number of carbonyl (C=O) groups excluding carboxylic acids is 1. The maximum atomic E-state index is 12.5. The summed E-state index contributed by atoms with van der Waals surface area (Å²) in [6, 6.07) is 5.72. The first-order valence-corrected chi connectivity index (χ1v) is 8.36. The van der Waals surface area contributed by atoms with Crippen molar-refractivity contribution in [2.45, 2.75) is 31.4 Å². The number of ether oxygens (including phenoxy) is 1. The van der Waals surface area contributed by atoms with Crippen LogP contribution in [0.25, 0.3) is 17.2 Å². The van der Waals surface area contributed by atoms with Crippen LogP contribution in [0.1, 0.15) is 24.8 Å². The van der Waals surface area contributed by atoms with Crippen molar-refractivity contribution in [2.24, 2.45) is 4.99 Å². The number of benzene rings is 1. The lowest BCUT2D eigenvalue weighted by atomic mass is 10.1. The molecule has 1 aromatic heterocycles. The second-order valence-corrected chi connectivity index (χ2v) is 6.35. The smallest absolute Gasteiger partial charge is 0.276 e. The van der Waals surface area contributed by atoms with E-state index in [1.807, 2.05) is 18.2 Å². The van der Waals surface area contributed by atoms with Crippen LogP contribution in [0.2, 0.25) is 0 Å². The third kappa shape index (κ3) is 2.91. The SMILES string of the molecule is CO[C@H]1CCCC1N=C1N/C(=C\c2ccc3ncoc3c2)C(=O)N1C. The molecule has 2 heterocycles. The molecule has 1 aliphatic heterocycles. The first-order valence-electron chi connectivity index (χ1n) is 8.36. The van der Waals surface area contributed by atoms with Gasteiger partial charge in [0.05, 0.1) is 12.1 Å². The van der Waals surface area contributed by atoms with Crippen molar-refractivity contribution in [2.75, 3.05) is 14.2 Å². The molecule has 2 fully saturated rings. The molecule has 7 nitrogen and oxygen atoms in total. The van der Waals surface area contributed by atoms with E-state index >= 15 is 0 Å². The molecule has 2 atom stereocenters. The zero-order chi connectivity index (χ0) is 17.4. The van der Waals surface area contributed by atoms with Crippen molar-refractivity contribution in [1.82, 2.24) is 15.2 Å². The average Bonchev–Trinajstić information content (AvgIpc) is 3.32. The van der Waals surface area contributed by atoms with Gasteiger partial charge in [-0.2, -0.15) is 0 Å². The zero-order valence-electron chi connectivity index (χ0n) is 14.2. The topological polar surface area (TPSA) is 80.0 Å². The van der Waals surface area contributed by atoms with E-state index in [4.69, 9.17) is 14.1 Å². The fourth-order valence-corrected chi connectivity index (χ4v) is 3.37. The monoisotopic (exact) mass is 340 g/mol. The van der Waals surface area contributed by atoms with E-state index < -0.39 is 0 Å². The van der Waals surface area contributed by atoms with Crippen LogP contribution in [0.4, 0.5) is 0 Å². The van der Waals surface area contributed by atoms with Crippen LogP contribution < -0.4 is 5.32 Å². The Morgan fingerprint density at radius 1 is 1.44 bits per heavy atom. The second-order valence-electron chi connectivity index (χ2n) is 6.35. The van der Waals surface area contributed by atoms with Gasteiger partial charge in [0.1, 0.15) is 11.2 Å². The van der Waals surface area contributed by atoms with Gasteiger partial charge in [-0.1, -0.05) is 6.07 Å². The van der Waals surface area contributed by atoms with Crippen molar-refractivity contribution < 1.29 is 13.9 Å². The maximum Gasteiger partial charge on any atom is 0.276 e. The highest BCUT2D eigenvalue weighted by Gasteiger charge is 2.32. The van der Waals surface area contributed by atoms with Crippen LogP contribution in [0, 0.1) is 0 Å². The van der Waals surface area contributed by atoms with Crippen LogP contribution in [-0.2, 0) is 9.53 Å². The summed E-state index contributed by atoms with van der Waals surface area (Å²) in [6.45, 7) is 0. The molecule has 7 heteroatoms. The normalized spacial score (nSPS) is 27.0. The second kappa shape index (κ2) is 6.33. The Morgan fingerprint density at radius 3 is 3.16 bits per heavy atom. The van der Waals surface area contributed by atoms with Crippen molar-refractivity contribution in [3.8, 4) is 0 Å². The number of hydrogen-bond acceptors (Lipinski definition) is 5. The number of aliphatic imine (C=N–C) groups is 1. The number of oxazole rings is 1. The summed E-state index contributed by atoms with van der Waals surface area (Å²) in [6.07, 6.45) is 6.42. The minimum absolute atomic E-state index is 0.0904. The highest BCUT2D eigenvalue weighted by molar-refractivity contribution is 6.15. The largest absolute Gasteiger partial charge is 0.443 e. The minimum atomic E-state index is -0.108. The first kappa shape index (κ1) is 15.8. The summed E-state index contributed by atoms with van der Waals surface area (Å²) in [5.41, 5.74) is 2.84. The summed E-state index contributed by atoms with van der Waals surface area (Å²) in [5.74, 6) is 0.467. The number of methoxy groups -OCH3 is 1. The molecule has 25 heavy (non-hydrogen) atoms. The predicted molar refractivity (Wildman–Crippen MR) is 93.8 cm³/mol. The standard InChI is InChI=1S/C18H20N4O3/c1-22-17(23)14(8-11-6-7-12-16(9-11)25-10-19-12)21-18(22)20-13-4-3-5-15(13)24-2/h6-10,13,15H,3-5H2,1-2H3,(H,20,21)/b14-8-/t13?,15-/m0/s1. The number of guanidine groups is 1. The Balaban J connectivity index is 1.59. The van der Waals surface area contributed by atoms with Crippen LogP contribution in [-0.4, -0.2) is 48.1 Å². The van der Waals surface area contributed by atoms with E-state index in [0.717, 1.165) is 30.3 Å². The third-order valence-corrected chi connectivity index (χ3v) is 4.77. The molecule has 1 N–H and O–H groups in total. The molecule has 2 aromatic rings. The summed E-state index contributed by atoms with van der Waals surface area (Å²) < 4.78 is 10.8. The Morgan fingerprint density at radius 2 is 2.32 bits per heavy atom. The molecular weight excluding hydrogens is 320 g/mol. The molecule has 0 bridgehead atoms. The van der Waals surface area contributed by atoms with Crippen molar-refractivity contribution in [3.63, 3.8) is 0 Å². The van der Waals surface area contributed by atoms with E-state index in [9.17, 15) is 4.79 Å². The molecule has 130 valence electrons. The number of rotatable bonds is 3. The van der Waals surface area contributed by atoms with Gasteiger partial charge in [0.15, 0.2) is 12.0 Å². The Kier molecular flexibility index (Phi) is 4.01. The van der Waals surface area contributed by atoms with Crippen LogP contribution in [0.5, 0.6) is 0 Å². The molecular formula is C18H20N4O3. The van der Waals surface area contributed by atoms with Gasteiger partial charge >= 0.3 is 0 Å². The van der Waals surface area contributed by atoms with E-state index in [1.54, 1.807) is 25.1 Å². The van der Waals surface area contributed by atoms with Crippen molar-refractivity contribution in [3.05, 3.63) is 35.9 Å². The van der Waals surface area contributed by atoms with Gasteiger partial charge in [0.2, 0.25) is 5.96 Å². The van der Waals surface area contributed by atoms with Gasteiger partial charge in [-0.3, -0.25) is 9.69 Å². The summed E-state index contributed by atoms with van der Waals surface area (Å²) in [4.78, 5) is 22.9. The zero-order valence-corrected chi connectivity index (χ0v) is 14.2. The number of carbonyl (C=O) groups is 1. The number of amides is 1. The predicted octanol–water partition coefficient (Wildman–Crippen LogP) is 2.15. The highest BCUT2D eigenvalue weighted by atomic mass is 16.5. The van der Waals surface area contributed by atoms with Crippen molar-refractivity contribution in [1.29, 1.82) is 0 Å². The maximum absolute atomic E-state index is 12.5. The first-order chi connectivity index (χ1) is 12.2. The van der Waals surface area contributed by atoms with Gasteiger partial charge in [-0.05, 0) is 43.0 Å². The number of aromatic nitrogens is 1. The van der Waals surface area contributed by atoms with E-state index in [0.29, 0.717) is 17.2 Å². The molecule has 0 radical (unpaired) electrons. The minimum Gasteiger partial charge on any atom is -0.443 e. The van der Waals surface area contributed by atoms with Crippen LogP contribution in [0.15, 0.2) is 39.7 Å². The molecule has 1 saturated heterocycles. The number of hydrogen-bond donors (Lipinski definition) is 1. The van der Waals surface area contributed by atoms with E-state index in [-0.39, 0.29) is 18.1 Å². The average molecular weight is 340 g/mol. The molecule has 1 saturated carbocycles. The number of likely N-dealkylation sites (N-methyl/N-ethyl adjacent to an activating group) is 1. The number of nitrogens with one attached hydrogen (secondary N) is 1. The fraction of sp³-hybridized carbons (Fsp3) is 0.389. The highest BCUT2D eigenvalue weighted by Crippen LogP contribution is 2.25. The van der Waals surface area contributed by atoms with Gasteiger partial charge in [0.25, 0.3) is 5.91 Å². The Hall–Kier alpha value is -2.67. The summed E-state index contributed by atoms with van der Waals surface area (Å²) >= 11 is 0. The lowest BCUT2D eigenvalue weighted by Gasteiger charge is -2.16. The Bertz CT molecular complexity index is 870. The number of fused-ring (bicyclic) bond motifs is 1. The van der Waals surface area contributed by atoms with Gasteiger partial charge in [-0.15, -0.1) is 0 Å². The molecule has 1 amide bonds. The van der Waals surface area contributed by atoms with Crippen LogP contribution >= 0.6 is 0 Å². The summed E-state index contributed by atoms with van der Waals surface area (Å²) in [5, 5.41) is 3.14. The number of nitrogens with zero attached hydrogens (tertiary/aromatic N) is 3. The van der Waals surface area contributed by atoms with E-state index in [1.165, 1.54) is 6.39 Å². The Labute approximate surface area is 145 Å². The molecule has 1 unspecified atom stereocenters. The summed E-state index contributed by atoms with van der Waals surface area (Å²) in [7, 11) is 3.44. The molecule has 0 spiro atoms. The van der Waals surface area contributed by atoms with Gasteiger partial charge in [-0.25, -0.2) is 9.98 Å². The molecule has 4 rings (SSSR count). The fourth-order valence-electron chi connectivity index (χ4n) is 3.37. The van der Waals surface area contributed by atoms with Crippen molar-refractivity contribution >= 4 is 29.0 Å². The molecule has 1 aromatic carbocycles. The quantitative estimate of drug-likeness (QED) is 0.866. The molecule has 1 aliphatic carbocycles.